The first kappa shape index (κ1) is 22.8. The Morgan fingerprint density at radius 2 is 1.87 bits per heavy atom. The van der Waals surface area contributed by atoms with Crippen molar-refractivity contribution in [2.24, 2.45) is 0 Å². The predicted molar refractivity (Wildman–Crippen MR) is 109 cm³/mol. The molecule has 1 heterocycles. The number of carbonyl (C=O) groups is 1. The maximum Gasteiger partial charge on any atom is 0.257 e. The number of benzene rings is 2. The molecule has 0 atom stereocenters. The SMILES string of the molecule is COCCN(C(=O)c1cc(F)c(F)cc1F)C1CCN(Cc2cccc(C#N)c2)CC1. The summed E-state index contributed by atoms with van der Waals surface area (Å²) in [6.07, 6.45) is 1.30. The topological polar surface area (TPSA) is 56.6 Å². The van der Waals surface area contributed by atoms with E-state index in [-0.39, 0.29) is 19.2 Å². The van der Waals surface area contributed by atoms with Crippen LogP contribution < -0.4 is 0 Å². The summed E-state index contributed by atoms with van der Waals surface area (Å²) in [5.74, 6) is -4.34. The number of ether oxygens (including phenoxy) is 1. The van der Waals surface area contributed by atoms with Crippen LogP contribution in [0.4, 0.5) is 13.2 Å². The minimum atomic E-state index is -1.33. The molecule has 1 aliphatic heterocycles. The molecule has 1 amide bonds. The number of amides is 1. The fraction of sp³-hybridized carbons (Fsp3) is 0.391. The zero-order valence-corrected chi connectivity index (χ0v) is 17.3. The molecular formula is C23H24F3N3O2. The molecule has 0 saturated carbocycles. The van der Waals surface area contributed by atoms with E-state index in [0.29, 0.717) is 50.2 Å². The molecule has 0 aliphatic carbocycles. The lowest BCUT2D eigenvalue weighted by Crippen LogP contribution is -2.48. The second-order valence-corrected chi connectivity index (χ2v) is 7.56. The highest BCUT2D eigenvalue weighted by Gasteiger charge is 2.30. The summed E-state index contributed by atoms with van der Waals surface area (Å²) < 4.78 is 46.2. The zero-order valence-electron chi connectivity index (χ0n) is 17.3. The van der Waals surface area contributed by atoms with Gasteiger partial charge in [0.25, 0.3) is 5.91 Å². The Balaban J connectivity index is 1.69. The van der Waals surface area contributed by atoms with E-state index in [2.05, 4.69) is 11.0 Å². The fourth-order valence-electron chi connectivity index (χ4n) is 3.87. The van der Waals surface area contributed by atoms with Crippen LogP contribution >= 0.6 is 0 Å². The van der Waals surface area contributed by atoms with Crippen molar-refractivity contribution in [1.82, 2.24) is 9.80 Å². The summed E-state index contributed by atoms with van der Waals surface area (Å²) in [4.78, 5) is 16.7. The maximum atomic E-state index is 14.2. The monoisotopic (exact) mass is 431 g/mol. The van der Waals surface area contributed by atoms with Crippen molar-refractivity contribution in [3.8, 4) is 6.07 Å². The smallest absolute Gasteiger partial charge is 0.257 e. The maximum absolute atomic E-state index is 14.2. The van der Waals surface area contributed by atoms with Crippen molar-refractivity contribution in [2.75, 3.05) is 33.4 Å². The van der Waals surface area contributed by atoms with Gasteiger partial charge in [-0.05, 0) is 36.6 Å². The van der Waals surface area contributed by atoms with Gasteiger partial charge in [0.1, 0.15) is 5.82 Å². The van der Waals surface area contributed by atoms with E-state index >= 15 is 0 Å². The molecule has 8 heteroatoms. The number of hydrogen-bond acceptors (Lipinski definition) is 4. The van der Waals surface area contributed by atoms with Gasteiger partial charge in [0.2, 0.25) is 0 Å². The van der Waals surface area contributed by atoms with Crippen LogP contribution in [0.2, 0.25) is 0 Å². The van der Waals surface area contributed by atoms with Crippen molar-refractivity contribution in [2.45, 2.75) is 25.4 Å². The van der Waals surface area contributed by atoms with Crippen LogP contribution in [0.3, 0.4) is 0 Å². The van der Waals surface area contributed by atoms with Gasteiger partial charge >= 0.3 is 0 Å². The summed E-state index contributed by atoms with van der Waals surface area (Å²) in [6.45, 7) is 2.57. The van der Waals surface area contributed by atoms with Crippen molar-refractivity contribution in [3.05, 3.63) is 70.5 Å². The molecule has 2 aromatic carbocycles. The highest BCUT2D eigenvalue weighted by Crippen LogP contribution is 2.23. The number of methoxy groups -OCH3 is 1. The number of hydrogen-bond donors (Lipinski definition) is 0. The van der Waals surface area contributed by atoms with Crippen LogP contribution in [0, 0.1) is 28.8 Å². The zero-order chi connectivity index (χ0) is 22.4. The Labute approximate surface area is 179 Å². The standard InChI is InChI=1S/C23H24F3N3O2/c1-31-10-9-29(23(30)19-12-21(25)22(26)13-20(19)24)18-5-7-28(8-6-18)15-17-4-2-3-16(11-17)14-27/h2-4,11-13,18H,5-10,15H2,1H3. The quantitative estimate of drug-likeness (QED) is 0.627. The lowest BCUT2D eigenvalue weighted by molar-refractivity contribution is 0.0473. The number of carbonyl (C=O) groups excluding carboxylic acids is 1. The minimum absolute atomic E-state index is 0.170. The molecule has 0 spiro atoms. The third-order valence-corrected chi connectivity index (χ3v) is 5.50. The Morgan fingerprint density at radius 1 is 1.16 bits per heavy atom. The van der Waals surface area contributed by atoms with Crippen molar-refractivity contribution >= 4 is 5.91 Å². The summed E-state index contributed by atoms with van der Waals surface area (Å²) in [5.41, 5.74) is 1.16. The van der Waals surface area contributed by atoms with Gasteiger partial charge in [0.15, 0.2) is 11.6 Å². The fourth-order valence-corrected chi connectivity index (χ4v) is 3.87. The number of halogens is 3. The lowest BCUT2D eigenvalue weighted by Gasteiger charge is -2.38. The first-order valence-electron chi connectivity index (χ1n) is 10.1. The number of nitrogens with zero attached hydrogens (tertiary/aromatic N) is 3. The average molecular weight is 431 g/mol. The Kier molecular flexibility index (Phi) is 7.66. The molecule has 0 unspecified atom stereocenters. The molecule has 0 aromatic heterocycles. The second kappa shape index (κ2) is 10.4. The van der Waals surface area contributed by atoms with Crippen LogP contribution in [0.15, 0.2) is 36.4 Å². The number of rotatable bonds is 7. The summed E-state index contributed by atoms with van der Waals surface area (Å²) in [6, 6.07) is 10.4. The van der Waals surface area contributed by atoms with Crippen LogP contribution in [0.25, 0.3) is 0 Å². The van der Waals surface area contributed by atoms with E-state index in [4.69, 9.17) is 10.00 Å². The second-order valence-electron chi connectivity index (χ2n) is 7.56. The average Bonchev–Trinajstić information content (AvgIpc) is 2.77. The van der Waals surface area contributed by atoms with E-state index in [9.17, 15) is 18.0 Å². The molecule has 31 heavy (non-hydrogen) atoms. The van der Waals surface area contributed by atoms with E-state index in [0.717, 1.165) is 5.56 Å². The van der Waals surface area contributed by atoms with Crippen LogP contribution in [0.5, 0.6) is 0 Å². The Hall–Kier alpha value is -2.89. The van der Waals surface area contributed by atoms with Gasteiger partial charge in [-0.25, -0.2) is 13.2 Å². The molecule has 1 saturated heterocycles. The van der Waals surface area contributed by atoms with Crippen LogP contribution in [0.1, 0.15) is 34.3 Å². The van der Waals surface area contributed by atoms with Gasteiger partial charge in [-0.1, -0.05) is 12.1 Å². The van der Waals surface area contributed by atoms with Crippen LogP contribution in [-0.2, 0) is 11.3 Å². The van der Waals surface area contributed by atoms with Gasteiger partial charge in [0, 0.05) is 45.4 Å². The molecule has 5 nitrogen and oxygen atoms in total. The van der Waals surface area contributed by atoms with Gasteiger partial charge in [-0.2, -0.15) is 5.26 Å². The third kappa shape index (κ3) is 5.63. The van der Waals surface area contributed by atoms with Gasteiger partial charge in [-0.3, -0.25) is 9.69 Å². The van der Waals surface area contributed by atoms with E-state index < -0.39 is 28.9 Å². The van der Waals surface area contributed by atoms with Gasteiger partial charge in [-0.15, -0.1) is 0 Å². The van der Waals surface area contributed by atoms with E-state index in [1.165, 1.54) is 12.0 Å². The molecule has 1 aliphatic rings. The molecule has 1 fully saturated rings. The molecule has 0 N–H and O–H groups in total. The van der Waals surface area contributed by atoms with Crippen molar-refractivity contribution in [1.29, 1.82) is 5.26 Å². The summed E-state index contributed by atoms with van der Waals surface area (Å²) >= 11 is 0. The third-order valence-electron chi connectivity index (χ3n) is 5.50. The molecule has 0 radical (unpaired) electrons. The molecule has 3 rings (SSSR count). The summed E-state index contributed by atoms with van der Waals surface area (Å²) in [7, 11) is 1.50. The molecule has 2 aromatic rings. The van der Waals surface area contributed by atoms with Crippen molar-refractivity contribution < 1.29 is 22.7 Å². The first-order chi connectivity index (χ1) is 14.9. The van der Waals surface area contributed by atoms with Gasteiger partial charge in [0.05, 0.1) is 23.8 Å². The number of piperidine rings is 1. The van der Waals surface area contributed by atoms with E-state index in [1.54, 1.807) is 6.07 Å². The normalized spacial score (nSPS) is 14.9. The number of nitriles is 1. The number of likely N-dealkylation sites (tertiary alicyclic amines) is 1. The Bertz CT molecular complexity index is 969. The molecule has 164 valence electrons. The van der Waals surface area contributed by atoms with Gasteiger partial charge < -0.3 is 9.64 Å². The Morgan fingerprint density at radius 3 is 2.55 bits per heavy atom. The lowest BCUT2D eigenvalue weighted by atomic mass is 10.0. The predicted octanol–water partition coefficient (Wildman–Crippen LogP) is 3.73. The highest BCUT2D eigenvalue weighted by molar-refractivity contribution is 5.94. The molecular weight excluding hydrogens is 407 g/mol. The molecule has 0 bridgehead atoms. The largest absolute Gasteiger partial charge is 0.383 e. The first-order valence-corrected chi connectivity index (χ1v) is 10.1. The van der Waals surface area contributed by atoms with E-state index in [1.807, 2.05) is 18.2 Å². The minimum Gasteiger partial charge on any atom is -0.383 e. The van der Waals surface area contributed by atoms with Crippen molar-refractivity contribution in [3.63, 3.8) is 0 Å². The van der Waals surface area contributed by atoms with Crippen LogP contribution in [-0.4, -0.2) is 55.1 Å². The highest BCUT2D eigenvalue weighted by atomic mass is 19.2. The summed E-state index contributed by atoms with van der Waals surface area (Å²) in [5, 5.41) is 9.05.